The first-order chi connectivity index (χ1) is 10.6. The van der Waals surface area contributed by atoms with Gasteiger partial charge >= 0.3 is 0 Å². The predicted octanol–water partition coefficient (Wildman–Crippen LogP) is 4.23. The zero-order chi connectivity index (χ0) is 15.9. The predicted molar refractivity (Wildman–Crippen MR) is 87.3 cm³/mol. The van der Waals surface area contributed by atoms with Gasteiger partial charge in [-0.25, -0.2) is 4.39 Å². The average Bonchev–Trinajstić information content (AvgIpc) is 2.95. The monoisotopic (exact) mass is 319 g/mol. The third-order valence-electron chi connectivity index (χ3n) is 3.28. The fraction of sp³-hybridized carbons (Fsp3) is 0.312. The maximum Gasteiger partial charge on any atom is 0.250 e. The van der Waals surface area contributed by atoms with E-state index in [1.165, 1.54) is 29.5 Å². The van der Waals surface area contributed by atoms with E-state index in [4.69, 9.17) is 0 Å². The van der Waals surface area contributed by atoms with Crippen LogP contribution >= 0.6 is 11.3 Å². The average molecular weight is 319 g/mol. The molecule has 0 aliphatic rings. The number of aromatic nitrogens is 2. The van der Waals surface area contributed by atoms with Crippen LogP contribution in [0.25, 0.3) is 6.08 Å². The van der Waals surface area contributed by atoms with Gasteiger partial charge in [-0.05, 0) is 36.6 Å². The summed E-state index contributed by atoms with van der Waals surface area (Å²) < 4.78 is 13.0. The highest BCUT2D eigenvalue weighted by atomic mass is 32.1. The van der Waals surface area contributed by atoms with E-state index in [0.717, 1.165) is 17.8 Å². The topological polar surface area (TPSA) is 54.9 Å². The number of nitrogens with zero attached hydrogens (tertiary/aromatic N) is 2. The lowest BCUT2D eigenvalue weighted by atomic mass is 10.1. The minimum atomic E-state index is -0.332. The highest BCUT2D eigenvalue weighted by Gasteiger charge is 2.13. The molecule has 6 heteroatoms. The first-order valence-corrected chi connectivity index (χ1v) is 8.02. The molecule has 1 heterocycles. The number of anilines is 1. The second-order valence-corrected chi connectivity index (χ2v) is 5.85. The van der Waals surface area contributed by atoms with E-state index in [1.807, 2.05) is 0 Å². The van der Waals surface area contributed by atoms with Crippen molar-refractivity contribution >= 4 is 28.5 Å². The van der Waals surface area contributed by atoms with Gasteiger partial charge in [0.1, 0.15) is 10.8 Å². The van der Waals surface area contributed by atoms with Crippen LogP contribution in [0.4, 0.5) is 9.52 Å². The fourth-order valence-corrected chi connectivity index (χ4v) is 3.03. The van der Waals surface area contributed by atoms with Gasteiger partial charge in [-0.1, -0.05) is 37.3 Å². The van der Waals surface area contributed by atoms with E-state index >= 15 is 0 Å². The van der Waals surface area contributed by atoms with Crippen molar-refractivity contribution in [3.63, 3.8) is 0 Å². The number of hydrogen-bond donors (Lipinski definition) is 1. The molecule has 0 unspecified atom stereocenters. The van der Waals surface area contributed by atoms with Gasteiger partial charge in [0.05, 0.1) is 0 Å². The number of benzene rings is 1. The summed E-state index contributed by atoms with van der Waals surface area (Å²) in [5.74, 6) is -0.260. The molecule has 0 atom stereocenters. The Balaban J connectivity index is 1.97. The minimum absolute atomic E-state index is 0.309. The Bertz CT molecular complexity index is 665. The lowest BCUT2D eigenvalue weighted by molar-refractivity contribution is -0.111. The first-order valence-electron chi connectivity index (χ1n) is 7.20. The van der Waals surface area contributed by atoms with E-state index in [-0.39, 0.29) is 11.7 Å². The lowest BCUT2D eigenvalue weighted by Crippen LogP contribution is -2.07. The molecule has 22 heavy (non-hydrogen) atoms. The molecule has 0 aliphatic carbocycles. The molecule has 1 aromatic carbocycles. The molecule has 4 nitrogen and oxygen atoms in total. The minimum Gasteiger partial charge on any atom is -0.297 e. The smallest absolute Gasteiger partial charge is 0.250 e. The first kappa shape index (κ1) is 16.3. The molecule has 0 saturated carbocycles. The maximum absolute atomic E-state index is 13.0. The van der Waals surface area contributed by atoms with Crippen molar-refractivity contribution in [1.29, 1.82) is 0 Å². The standard InChI is InChI=1S/C16H18FN3OS/c1-3-12(4-2)15-19-20-16(22-15)18-14(21)9-8-11-6-5-7-13(17)10-11/h5-10,12H,3-4H2,1-2H3,(H,18,20,21)/b9-8+. The van der Waals surface area contributed by atoms with Gasteiger partial charge in [0.2, 0.25) is 11.0 Å². The summed E-state index contributed by atoms with van der Waals surface area (Å²) in [4.78, 5) is 11.8. The molecule has 0 aliphatic heterocycles. The van der Waals surface area contributed by atoms with Crippen LogP contribution in [0, 0.1) is 5.82 Å². The van der Waals surface area contributed by atoms with Gasteiger partial charge in [0.25, 0.3) is 0 Å². The maximum atomic E-state index is 13.0. The van der Waals surface area contributed by atoms with Crippen molar-refractivity contribution in [2.45, 2.75) is 32.6 Å². The molecule has 116 valence electrons. The highest BCUT2D eigenvalue weighted by molar-refractivity contribution is 7.15. The fourth-order valence-electron chi connectivity index (χ4n) is 2.02. The molecule has 2 aromatic rings. The lowest BCUT2D eigenvalue weighted by Gasteiger charge is -2.05. The molecular weight excluding hydrogens is 301 g/mol. The summed E-state index contributed by atoms with van der Waals surface area (Å²) in [6, 6.07) is 6.04. The number of amides is 1. The normalized spacial score (nSPS) is 11.3. The third kappa shape index (κ3) is 4.46. The van der Waals surface area contributed by atoms with Gasteiger partial charge in [0.15, 0.2) is 0 Å². The van der Waals surface area contributed by atoms with Crippen molar-refractivity contribution in [3.8, 4) is 0 Å². The molecule has 0 fully saturated rings. The summed E-state index contributed by atoms with van der Waals surface area (Å²) in [5.41, 5.74) is 0.630. The third-order valence-corrected chi connectivity index (χ3v) is 4.28. The number of carbonyl (C=O) groups excluding carboxylic acids is 1. The van der Waals surface area contributed by atoms with Crippen LogP contribution in [0.5, 0.6) is 0 Å². The van der Waals surface area contributed by atoms with Crippen LogP contribution < -0.4 is 5.32 Å². The molecule has 0 saturated heterocycles. The molecule has 1 amide bonds. The summed E-state index contributed by atoms with van der Waals surface area (Å²) in [7, 11) is 0. The summed E-state index contributed by atoms with van der Waals surface area (Å²) >= 11 is 1.39. The van der Waals surface area contributed by atoms with Crippen LogP contribution in [0.3, 0.4) is 0 Å². The SMILES string of the molecule is CCC(CC)c1nnc(NC(=O)/C=C/c2cccc(F)c2)s1. The number of carbonyl (C=O) groups is 1. The molecule has 1 N–H and O–H groups in total. The van der Waals surface area contributed by atoms with E-state index in [9.17, 15) is 9.18 Å². The van der Waals surface area contributed by atoms with Crippen molar-refractivity contribution in [2.24, 2.45) is 0 Å². The second kappa shape index (κ2) is 7.79. The summed E-state index contributed by atoms with van der Waals surface area (Å²) in [6.45, 7) is 4.21. The van der Waals surface area contributed by atoms with Crippen molar-refractivity contribution in [3.05, 3.63) is 46.7 Å². The molecule has 0 bridgehead atoms. The van der Waals surface area contributed by atoms with Gasteiger partial charge in [-0.2, -0.15) is 0 Å². The second-order valence-electron chi connectivity index (χ2n) is 4.84. The molecular formula is C16H18FN3OS. The van der Waals surface area contributed by atoms with Crippen LogP contribution in [-0.2, 0) is 4.79 Å². The quantitative estimate of drug-likeness (QED) is 0.811. The number of rotatable bonds is 6. The molecule has 2 rings (SSSR count). The Morgan fingerprint density at radius 1 is 1.36 bits per heavy atom. The Kier molecular flexibility index (Phi) is 5.77. The zero-order valence-corrected chi connectivity index (χ0v) is 13.4. The van der Waals surface area contributed by atoms with E-state index < -0.39 is 0 Å². The van der Waals surface area contributed by atoms with Gasteiger partial charge in [0, 0.05) is 12.0 Å². The van der Waals surface area contributed by atoms with Crippen LogP contribution in [0.15, 0.2) is 30.3 Å². The molecule has 0 radical (unpaired) electrons. The zero-order valence-electron chi connectivity index (χ0n) is 12.5. The van der Waals surface area contributed by atoms with Crippen molar-refractivity contribution in [2.75, 3.05) is 5.32 Å². The molecule has 0 spiro atoms. The Morgan fingerprint density at radius 2 is 2.14 bits per heavy atom. The van der Waals surface area contributed by atoms with Crippen molar-refractivity contribution in [1.82, 2.24) is 10.2 Å². The molecule has 1 aromatic heterocycles. The van der Waals surface area contributed by atoms with E-state index in [2.05, 4.69) is 29.4 Å². The Morgan fingerprint density at radius 3 is 2.82 bits per heavy atom. The van der Waals surface area contributed by atoms with Gasteiger partial charge in [-0.15, -0.1) is 10.2 Å². The van der Waals surface area contributed by atoms with Gasteiger partial charge in [-0.3, -0.25) is 10.1 Å². The van der Waals surface area contributed by atoms with E-state index in [0.29, 0.717) is 16.6 Å². The van der Waals surface area contributed by atoms with E-state index in [1.54, 1.807) is 18.2 Å². The Labute approximate surface area is 133 Å². The van der Waals surface area contributed by atoms with Crippen LogP contribution in [0.1, 0.15) is 43.2 Å². The van der Waals surface area contributed by atoms with Crippen LogP contribution in [0.2, 0.25) is 0 Å². The van der Waals surface area contributed by atoms with Gasteiger partial charge < -0.3 is 0 Å². The number of nitrogens with one attached hydrogen (secondary N) is 1. The summed E-state index contributed by atoms with van der Waals surface area (Å²) in [5, 5.41) is 12.2. The number of hydrogen-bond acceptors (Lipinski definition) is 4. The number of halogens is 1. The van der Waals surface area contributed by atoms with Crippen molar-refractivity contribution < 1.29 is 9.18 Å². The largest absolute Gasteiger partial charge is 0.297 e. The van der Waals surface area contributed by atoms with Crippen LogP contribution in [-0.4, -0.2) is 16.1 Å². The highest BCUT2D eigenvalue weighted by Crippen LogP contribution is 2.27. The Hall–Kier alpha value is -2.08. The summed E-state index contributed by atoms with van der Waals surface area (Å²) in [6.07, 6.45) is 4.91.